The van der Waals surface area contributed by atoms with E-state index in [-0.39, 0.29) is 4.90 Å². The summed E-state index contributed by atoms with van der Waals surface area (Å²) >= 11 is 0. The van der Waals surface area contributed by atoms with E-state index in [1.54, 1.807) is 6.92 Å². The zero-order valence-corrected chi connectivity index (χ0v) is 47.5. The van der Waals surface area contributed by atoms with Crippen molar-refractivity contribution in [2.75, 3.05) is 46.2 Å². The van der Waals surface area contributed by atoms with Gasteiger partial charge in [0.05, 0.1) is 63.2 Å². The summed E-state index contributed by atoms with van der Waals surface area (Å²) in [6, 6.07) is 5.32. The predicted octanol–water partition coefficient (Wildman–Crippen LogP) is -12.1. The lowest BCUT2D eigenvalue weighted by Gasteiger charge is -2.61. The summed E-state index contributed by atoms with van der Waals surface area (Å²) in [6.45, 7) is -3.95. The SMILES string of the molecule is Cc1ccc(S(=O)(=O)OCC2OC3OC4C(CO)OC(OC5C(CO)OC(OC6C(CO)OC(C(O)C6O)C6(C)OC78OC7C(OC(CO)C68)OC6C(CO)OC(OC7C(CO)OC(OC2C(O)C3O)C(O)C7O)C(O)C6O)C(O)C5O)C(O)C4O)cc1. The van der Waals surface area contributed by atoms with Crippen LogP contribution in [-0.2, 0) is 85.4 Å². The van der Waals surface area contributed by atoms with Crippen LogP contribution in [0, 0.1) is 12.8 Å². The summed E-state index contributed by atoms with van der Waals surface area (Å²) in [5.41, 5.74) is -1.07. The number of benzene rings is 1. The lowest BCUT2D eigenvalue weighted by Crippen LogP contribution is -2.79. The summed E-state index contributed by atoms with van der Waals surface area (Å²) in [5, 5.41) is 203. The first-order valence-corrected chi connectivity index (χ1v) is 29.9. The molecule has 23 fully saturated rings. The van der Waals surface area contributed by atoms with E-state index in [4.69, 9.17) is 75.2 Å². The lowest BCUT2D eigenvalue weighted by atomic mass is 9.66. The van der Waals surface area contributed by atoms with Crippen molar-refractivity contribution in [3.63, 3.8) is 0 Å². The summed E-state index contributed by atoms with van der Waals surface area (Å²) in [6.07, 6.45) is -64.3. The predicted molar refractivity (Wildman–Crippen MR) is 269 cm³/mol. The Hall–Kier alpha value is -2.19. The third kappa shape index (κ3) is 11.8. The van der Waals surface area contributed by atoms with Gasteiger partial charge in [-0.2, -0.15) is 8.42 Å². The number of ether oxygens (including phenoxy) is 15. The Morgan fingerprint density at radius 1 is 0.386 bits per heavy atom. The van der Waals surface area contributed by atoms with Gasteiger partial charge in [0.15, 0.2) is 43.8 Å². The number of rotatable bonds is 10. The van der Waals surface area contributed by atoms with Crippen molar-refractivity contribution >= 4 is 10.1 Å². The first-order chi connectivity index (χ1) is 41.8. The van der Waals surface area contributed by atoms with E-state index < -0.39 is 276 Å². The van der Waals surface area contributed by atoms with E-state index >= 15 is 0 Å². The van der Waals surface area contributed by atoms with Gasteiger partial charge in [-0.15, -0.1) is 0 Å². The van der Waals surface area contributed by atoms with Gasteiger partial charge >= 0.3 is 0 Å². The summed E-state index contributed by atoms with van der Waals surface area (Å²) in [7, 11) is -4.70. The fourth-order valence-electron chi connectivity index (χ4n) is 13.2. The Morgan fingerprint density at radius 2 is 0.693 bits per heavy atom. The van der Waals surface area contributed by atoms with Gasteiger partial charge in [0, 0.05) is 0 Å². The van der Waals surface area contributed by atoms with E-state index in [2.05, 4.69) is 0 Å². The molecule has 18 N–H and O–H groups in total. The number of aryl methyl sites for hydroxylation is 1. The monoisotopic (exact) mass is 1300 g/mol. The van der Waals surface area contributed by atoms with Crippen molar-refractivity contribution in [1.82, 2.24) is 0 Å². The highest BCUT2D eigenvalue weighted by Gasteiger charge is 2.86. The Kier molecular flexibility index (Phi) is 20.0. The molecule has 502 valence electrons. The van der Waals surface area contributed by atoms with Gasteiger partial charge < -0.3 is 163 Å². The van der Waals surface area contributed by atoms with Crippen LogP contribution in [-0.4, -0.2) is 361 Å². The minimum atomic E-state index is -4.70. The first-order valence-electron chi connectivity index (χ1n) is 28.5. The molecule has 1 aromatic rings. The van der Waals surface area contributed by atoms with Crippen LogP contribution >= 0.6 is 0 Å². The van der Waals surface area contributed by atoms with Crippen molar-refractivity contribution in [2.24, 2.45) is 5.92 Å². The zero-order valence-electron chi connectivity index (χ0n) is 46.7. The van der Waals surface area contributed by atoms with Crippen molar-refractivity contribution in [3.8, 4) is 0 Å². The van der Waals surface area contributed by atoms with E-state index in [0.29, 0.717) is 5.56 Å². The van der Waals surface area contributed by atoms with Crippen LogP contribution < -0.4 is 0 Å². The van der Waals surface area contributed by atoms with Crippen molar-refractivity contribution in [2.45, 2.75) is 233 Å². The average molecular weight is 1300 g/mol. The Bertz CT molecular complexity index is 2610. The number of epoxide rings is 1. The summed E-state index contributed by atoms with van der Waals surface area (Å²) in [4.78, 5) is -0.360. The van der Waals surface area contributed by atoms with Crippen molar-refractivity contribution in [1.29, 1.82) is 0 Å². The molecule has 37 heteroatoms. The van der Waals surface area contributed by atoms with Gasteiger partial charge in [-0.05, 0) is 26.0 Å². The third-order valence-electron chi connectivity index (χ3n) is 18.0. The molecule has 1 spiro atoms. The van der Waals surface area contributed by atoms with E-state index in [9.17, 15) is 100 Å². The molecule has 23 heterocycles. The molecule has 0 radical (unpaired) electrons. The minimum Gasteiger partial charge on any atom is -0.394 e. The van der Waals surface area contributed by atoms with Crippen LogP contribution in [0.1, 0.15) is 12.5 Å². The summed E-state index contributed by atoms with van der Waals surface area (Å²) < 4.78 is 121. The van der Waals surface area contributed by atoms with Crippen LogP contribution in [0.15, 0.2) is 29.2 Å². The van der Waals surface area contributed by atoms with Crippen LogP contribution in [0.25, 0.3) is 0 Å². The molecule has 16 bridgehead atoms. The van der Waals surface area contributed by atoms with Gasteiger partial charge in [-0.1, -0.05) is 17.7 Å². The number of hydrogen-bond donors (Lipinski definition) is 18. The van der Waals surface area contributed by atoms with Crippen LogP contribution in [0.3, 0.4) is 0 Å². The normalized spacial score (nSPS) is 53.3. The number of aliphatic hydroxyl groups excluding tert-OH is 18. The maximum Gasteiger partial charge on any atom is 0.297 e. The van der Waals surface area contributed by atoms with Gasteiger partial charge in [0.1, 0.15) is 158 Å². The molecule has 0 aromatic heterocycles. The molecule has 88 heavy (non-hydrogen) atoms. The van der Waals surface area contributed by atoms with Crippen LogP contribution in [0.4, 0.5) is 0 Å². The van der Waals surface area contributed by atoms with E-state index in [1.807, 2.05) is 0 Å². The maximum absolute atomic E-state index is 13.5. The Labute approximate surface area is 499 Å². The highest BCUT2D eigenvalue weighted by Crippen LogP contribution is 2.67. The highest BCUT2D eigenvalue weighted by molar-refractivity contribution is 7.86. The van der Waals surface area contributed by atoms with Crippen LogP contribution in [0.2, 0.25) is 0 Å². The largest absolute Gasteiger partial charge is 0.394 e. The summed E-state index contributed by atoms with van der Waals surface area (Å²) in [5.74, 6) is -2.74. The van der Waals surface area contributed by atoms with Gasteiger partial charge in [0.2, 0.25) is 5.79 Å². The minimum absolute atomic E-state index is 0.360. The van der Waals surface area contributed by atoms with Gasteiger partial charge in [-0.25, -0.2) is 0 Å². The molecule has 23 aliphatic rings. The molecule has 23 aliphatic heterocycles. The maximum atomic E-state index is 13.5. The van der Waals surface area contributed by atoms with Gasteiger partial charge in [-0.3, -0.25) is 4.18 Å². The lowest BCUT2D eigenvalue weighted by molar-refractivity contribution is -0.421. The smallest absolute Gasteiger partial charge is 0.297 e. The average Bonchev–Trinajstić information content (AvgIpc) is 1.47. The zero-order chi connectivity index (χ0) is 63.4. The Morgan fingerprint density at radius 3 is 1.06 bits per heavy atom. The quantitative estimate of drug-likeness (QED) is 0.0764. The van der Waals surface area contributed by atoms with E-state index in [0.717, 1.165) is 0 Å². The standard InChI is InChI=1S/C51H76O36S/c1-14-3-5-15(6-4-14)88(70,71)72-13-22-40-28(63)34(69)48(79-22)83-38-19(10-55)75-45(31(66)25(38)60)81-36-17(8-53)74-44(30(65)24(36)59)80-35-16(7-52)73-42(29(64)23(35)58)50(2)41-21(12-57)78-49(43-51(41,86-43)87-50)85-39-20(11-56)77-46(33(68)27(39)62)82-37-18(9-54)76-47(84-40)32(67)26(37)61/h3-6,16-49,52-69H,7-13H2,1-2H3. The second-order valence-corrected chi connectivity index (χ2v) is 25.1. The van der Waals surface area contributed by atoms with Crippen molar-refractivity contribution < 1.29 is 176 Å². The van der Waals surface area contributed by atoms with Gasteiger partial charge in [0.25, 0.3) is 10.1 Å². The molecule has 24 rings (SSSR count). The molecule has 36 unspecified atom stereocenters. The first kappa shape index (κ1) is 67.2. The fraction of sp³-hybridized carbons (Fsp3) is 0.882. The molecule has 0 saturated carbocycles. The van der Waals surface area contributed by atoms with Crippen LogP contribution in [0.5, 0.6) is 0 Å². The van der Waals surface area contributed by atoms with E-state index in [1.165, 1.54) is 31.2 Å². The third-order valence-corrected chi connectivity index (χ3v) is 19.3. The second-order valence-electron chi connectivity index (χ2n) is 23.5. The molecule has 0 aliphatic carbocycles. The molecule has 23 saturated heterocycles. The molecule has 36 atom stereocenters. The Balaban J connectivity index is 0.897. The fourth-order valence-corrected chi connectivity index (χ4v) is 14.2. The topological polar surface area (TPSA) is 549 Å². The van der Waals surface area contributed by atoms with Crippen molar-refractivity contribution in [3.05, 3.63) is 29.8 Å². The molecule has 0 amide bonds. The number of hydrogen-bond acceptors (Lipinski definition) is 36. The number of aliphatic hydroxyl groups is 18. The number of fused-ring (bicyclic) bond motifs is 1. The molecular weight excluding hydrogens is 1220 g/mol. The molecule has 36 nitrogen and oxygen atoms in total. The highest BCUT2D eigenvalue weighted by atomic mass is 32.2. The second kappa shape index (κ2) is 26.2. The molecular formula is C51H76O36S. The molecule has 1 aromatic carbocycles.